The number of aryl methyl sites for hydroxylation is 4. The summed E-state index contributed by atoms with van der Waals surface area (Å²) >= 11 is 0. The number of phenolic OH excluding ortho intramolecular Hbond substituents is 3. The molecule has 13 aromatic rings. The lowest BCUT2D eigenvalue weighted by molar-refractivity contribution is 0.306. The van der Waals surface area contributed by atoms with Crippen LogP contribution < -0.4 is 24.4 Å². The fraction of sp³-hybridized carbons (Fsp3) is 0.104. The lowest BCUT2D eigenvalue weighted by atomic mass is 9.93. The zero-order chi connectivity index (χ0) is 62.8. The summed E-state index contributed by atoms with van der Waals surface area (Å²) in [6.45, 7) is 8.13. The molecule has 0 atom stereocenters. The molecule has 10 aromatic carbocycles. The number of nitrogens with zero attached hydrogens (tertiary/aromatic N) is 2. The molecule has 0 radical (unpaired) electrons. The third kappa shape index (κ3) is 12.9. The molecule has 3 aromatic heterocycles. The minimum atomic E-state index is -0.129. The second-order valence-corrected chi connectivity index (χ2v) is 21.3. The van der Waals surface area contributed by atoms with Crippen molar-refractivity contribution in [2.45, 2.75) is 34.3 Å². The second kappa shape index (κ2) is 27.0. The first-order valence-corrected chi connectivity index (χ1v) is 29.0. The zero-order valence-corrected chi connectivity index (χ0v) is 50.6. The van der Waals surface area contributed by atoms with E-state index in [0.717, 1.165) is 95.5 Å². The Balaban J connectivity index is 0.000000140. The fourth-order valence-electron chi connectivity index (χ4n) is 10.8. The number of aromatic nitrogens is 2. The van der Waals surface area contributed by atoms with Crippen molar-refractivity contribution < 1.29 is 47.7 Å². The highest BCUT2D eigenvalue weighted by atomic mass is 16.5. The van der Waals surface area contributed by atoms with Crippen LogP contribution in [0.1, 0.15) is 28.3 Å². The Morgan fingerprint density at radius 2 is 0.800 bits per heavy atom. The molecule has 0 aliphatic rings. The van der Waals surface area contributed by atoms with Gasteiger partial charge in [0.15, 0.2) is 11.5 Å². The van der Waals surface area contributed by atoms with E-state index in [9.17, 15) is 20.1 Å². The Bertz CT molecular complexity index is 4660. The number of rotatable bonds is 14. The molecule has 13 heteroatoms. The lowest BCUT2D eigenvalue weighted by Gasteiger charge is -2.16. The molecule has 0 saturated carbocycles. The van der Waals surface area contributed by atoms with Crippen LogP contribution in [0.4, 0.5) is 0 Å². The fourth-order valence-corrected chi connectivity index (χ4v) is 10.8. The van der Waals surface area contributed by atoms with Crippen molar-refractivity contribution in [3.05, 3.63) is 269 Å². The van der Waals surface area contributed by atoms with Gasteiger partial charge in [-0.1, -0.05) is 168 Å². The summed E-state index contributed by atoms with van der Waals surface area (Å²) in [4.78, 5) is 13.2. The number of aromatic hydroxyl groups is 3. The number of benzene rings is 10. The molecule has 0 fully saturated rings. The standard InChI is InChI=1S/C31H27NO3.C23H19NO4.C23H18O4/c1-21-18-29(34-20-23-10-6-4-7-11-23)28(19-27(21)24-12-8-5-9-13-24)31-30(22(2)32-35-31)25-14-16-26(33-3)17-15-25;1-14-22(16-8-10-17(27-2)11-9-16)23(28-24-14)19-12-18(20(25)13-21(19)26)15-6-4-3-5-7-15;1-14-22(16-8-10-17(26-2)11-9-16)23(25)19-12-18(15-6-4-3-5-7-15)20(24)13-21(19)27-14/h4-19H,20H2,1-3H3;3-13,25-26H,1-2H3;3-13,24H,1-2H3. The van der Waals surface area contributed by atoms with Gasteiger partial charge in [-0.15, -0.1) is 0 Å². The molecule has 0 aliphatic heterocycles. The first kappa shape index (κ1) is 60.1. The van der Waals surface area contributed by atoms with Gasteiger partial charge in [0, 0.05) is 23.3 Å². The Hall–Kier alpha value is -11.6. The summed E-state index contributed by atoms with van der Waals surface area (Å²) in [6.07, 6.45) is 0. The van der Waals surface area contributed by atoms with Crippen LogP contribution in [0.5, 0.6) is 40.2 Å². The summed E-state index contributed by atoms with van der Waals surface area (Å²) < 4.78 is 39.5. The van der Waals surface area contributed by atoms with Crippen molar-refractivity contribution in [1.82, 2.24) is 10.3 Å². The number of phenols is 3. The Morgan fingerprint density at radius 1 is 0.400 bits per heavy atom. The van der Waals surface area contributed by atoms with E-state index in [1.807, 2.05) is 172 Å². The number of hydrogen-bond donors (Lipinski definition) is 3. The van der Waals surface area contributed by atoms with E-state index in [1.165, 1.54) is 12.1 Å². The van der Waals surface area contributed by atoms with Crippen molar-refractivity contribution in [3.63, 3.8) is 0 Å². The molecule has 0 bridgehead atoms. The Morgan fingerprint density at radius 3 is 1.28 bits per heavy atom. The van der Waals surface area contributed by atoms with Gasteiger partial charge in [0.25, 0.3) is 0 Å². The monoisotopic (exact) mass is 1190 g/mol. The third-order valence-electron chi connectivity index (χ3n) is 15.5. The van der Waals surface area contributed by atoms with Gasteiger partial charge in [-0.05, 0) is 138 Å². The predicted molar refractivity (Wildman–Crippen MR) is 353 cm³/mol. The van der Waals surface area contributed by atoms with Crippen molar-refractivity contribution in [1.29, 1.82) is 0 Å². The minimum Gasteiger partial charge on any atom is -0.507 e. The summed E-state index contributed by atoms with van der Waals surface area (Å²) in [6, 6.07) is 72.7. The van der Waals surface area contributed by atoms with Gasteiger partial charge in [0.2, 0.25) is 5.43 Å². The van der Waals surface area contributed by atoms with E-state index >= 15 is 0 Å². The van der Waals surface area contributed by atoms with E-state index in [4.69, 9.17) is 32.4 Å². The first-order valence-electron chi connectivity index (χ1n) is 29.0. The van der Waals surface area contributed by atoms with E-state index in [2.05, 4.69) is 65.8 Å². The lowest BCUT2D eigenvalue weighted by Crippen LogP contribution is -2.07. The maximum absolute atomic E-state index is 13.2. The highest BCUT2D eigenvalue weighted by Gasteiger charge is 2.25. The molecule has 0 unspecified atom stereocenters. The van der Waals surface area contributed by atoms with Crippen molar-refractivity contribution in [2.24, 2.45) is 0 Å². The van der Waals surface area contributed by atoms with Gasteiger partial charge in [-0.25, -0.2) is 0 Å². The zero-order valence-electron chi connectivity index (χ0n) is 50.6. The molecule has 0 spiro atoms. The normalized spacial score (nSPS) is 10.8. The van der Waals surface area contributed by atoms with E-state index in [0.29, 0.717) is 62.8 Å². The SMILES string of the molecule is COc1ccc(-c2c(C)noc2-c2cc(-c3ccccc3)c(C)cc2OCc2ccccc2)cc1.COc1ccc(-c2c(C)noc2-c2cc(-c3ccccc3)c(O)cc2O)cc1.COc1ccc(-c2c(C)oc3cc(O)c(-c4ccccc4)cc3c2=O)cc1. The summed E-state index contributed by atoms with van der Waals surface area (Å²) in [5.74, 6) is 4.66. The van der Waals surface area contributed by atoms with Gasteiger partial charge in [0.1, 0.15) is 58.2 Å². The van der Waals surface area contributed by atoms with Crippen LogP contribution in [0.15, 0.2) is 249 Å². The summed E-state index contributed by atoms with van der Waals surface area (Å²) in [5.41, 5.74) is 15.4. The Kier molecular flexibility index (Phi) is 18.0. The molecule has 3 heterocycles. The summed E-state index contributed by atoms with van der Waals surface area (Å²) in [5, 5.41) is 40.1. The number of methoxy groups -OCH3 is 3. The molecule has 0 aliphatic carbocycles. The van der Waals surface area contributed by atoms with Crippen molar-refractivity contribution in [2.75, 3.05) is 21.3 Å². The molecule has 90 heavy (non-hydrogen) atoms. The molecule has 3 N–H and O–H groups in total. The largest absolute Gasteiger partial charge is 0.507 e. The van der Waals surface area contributed by atoms with Gasteiger partial charge in [0.05, 0.1) is 65.9 Å². The molecular weight excluding hydrogens is 1130 g/mol. The van der Waals surface area contributed by atoms with Crippen LogP contribution in [-0.2, 0) is 6.61 Å². The summed E-state index contributed by atoms with van der Waals surface area (Å²) in [7, 11) is 4.88. The molecule has 13 rings (SSSR count). The number of ether oxygens (including phenoxy) is 4. The van der Waals surface area contributed by atoms with Crippen molar-refractivity contribution >= 4 is 11.0 Å². The number of hydrogen-bond acceptors (Lipinski definition) is 13. The van der Waals surface area contributed by atoms with E-state index in [1.54, 1.807) is 40.4 Å². The first-order chi connectivity index (χ1) is 43.8. The highest BCUT2D eigenvalue weighted by molar-refractivity contribution is 5.91. The van der Waals surface area contributed by atoms with Crippen LogP contribution in [0.2, 0.25) is 0 Å². The quantitative estimate of drug-likeness (QED) is 0.0937. The van der Waals surface area contributed by atoms with E-state index < -0.39 is 0 Å². The molecule has 13 nitrogen and oxygen atoms in total. The van der Waals surface area contributed by atoms with Crippen molar-refractivity contribution in [3.8, 4) is 130 Å². The number of fused-ring (bicyclic) bond motifs is 1. The van der Waals surface area contributed by atoms with E-state index in [-0.39, 0.29) is 22.7 Å². The molecule has 0 amide bonds. The average molecular weight is 1190 g/mol. The van der Waals surface area contributed by atoms with Gasteiger partial charge < -0.3 is 47.7 Å². The van der Waals surface area contributed by atoms with Gasteiger partial charge in [-0.2, -0.15) is 0 Å². The average Bonchev–Trinajstić information content (AvgIpc) is 1.19. The smallest absolute Gasteiger partial charge is 0.200 e. The predicted octanol–water partition coefficient (Wildman–Crippen LogP) is 18.4. The van der Waals surface area contributed by atoms with Gasteiger partial charge in [-0.3, -0.25) is 4.79 Å². The third-order valence-corrected chi connectivity index (χ3v) is 15.5. The minimum absolute atomic E-state index is 0.00492. The van der Waals surface area contributed by atoms with Crippen LogP contribution in [0, 0.1) is 27.7 Å². The van der Waals surface area contributed by atoms with Crippen LogP contribution in [0.3, 0.4) is 0 Å². The molecule has 448 valence electrons. The van der Waals surface area contributed by atoms with Crippen LogP contribution >= 0.6 is 0 Å². The highest BCUT2D eigenvalue weighted by Crippen LogP contribution is 2.46. The maximum Gasteiger partial charge on any atom is 0.200 e. The van der Waals surface area contributed by atoms with Gasteiger partial charge >= 0.3 is 0 Å². The molecular formula is C77H64N2O11. The van der Waals surface area contributed by atoms with Crippen LogP contribution in [-0.4, -0.2) is 47.0 Å². The topological polar surface area (TPSA) is 180 Å². The van der Waals surface area contributed by atoms with Crippen LogP contribution in [0.25, 0.3) is 100 Å². The maximum atomic E-state index is 13.2. The Labute approximate surface area is 520 Å². The second-order valence-electron chi connectivity index (χ2n) is 21.3. The molecule has 0 saturated heterocycles.